The molecule has 0 saturated carbocycles. The second kappa shape index (κ2) is 9.06. The fourth-order valence-corrected chi connectivity index (χ4v) is 2.93. The van der Waals surface area contributed by atoms with E-state index in [2.05, 4.69) is 10.4 Å². The van der Waals surface area contributed by atoms with Crippen LogP contribution in [0.25, 0.3) is 0 Å². The summed E-state index contributed by atoms with van der Waals surface area (Å²) in [6.07, 6.45) is -13.0. The van der Waals surface area contributed by atoms with Crippen molar-refractivity contribution in [2.24, 2.45) is 7.05 Å². The summed E-state index contributed by atoms with van der Waals surface area (Å²) in [5, 5.41) is 5.02. The summed E-state index contributed by atoms with van der Waals surface area (Å²) in [5.74, 6) is -8.68. The van der Waals surface area contributed by atoms with Gasteiger partial charge in [-0.3, -0.25) is 14.3 Å². The molecule has 0 saturated heterocycles. The molecule has 182 valence electrons. The van der Waals surface area contributed by atoms with Crippen LogP contribution in [0.15, 0.2) is 18.2 Å². The molecule has 0 radical (unpaired) electrons. The first-order chi connectivity index (χ1) is 15.0. The van der Waals surface area contributed by atoms with Gasteiger partial charge >= 0.3 is 18.3 Å². The Morgan fingerprint density at radius 2 is 1.67 bits per heavy atom. The van der Waals surface area contributed by atoms with Crippen molar-refractivity contribution in [3.63, 3.8) is 0 Å². The van der Waals surface area contributed by atoms with Gasteiger partial charge < -0.3 is 5.32 Å². The third-order valence-electron chi connectivity index (χ3n) is 4.52. The topological polar surface area (TPSA) is 64.0 Å². The van der Waals surface area contributed by atoms with Crippen LogP contribution in [0.2, 0.25) is 0 Å². The van der Waals surface area contributed by atoms with Crippen molar-refractivity contribution in [1.29, 1.82) is 0 Å². The Morgan fingerprint density at radius 1 is 1.06 bits per heavy atom. The number of ketones is 1. The number of hydrogen-bond donors (Lipinski definition) is 1. The highest BCUT2D eigenvalue weighted by molar-refractivity contribution is 5.97. The predicted octanol–water partition coefficient (Wildman–Crippen LogP) is 4.68. The standard InChI is InChI=1S/C19H16F9N3O2/c1-3-13(33)29-8-10-6-9(4-5-11(10)20)7-12(32)15-14(18(23,24)25)16(30-31(15)2)17(21,22)19(26,27)28/h4-6H,3,7-8H2,1-2H3,(H,29,33). The molecule has 1 heterocycles. The first-order valence-corrected chi connectivity index (χ1v) is 9.17. The van der Waals surface area contributed by atoms with E-state index in [9.17, 15) is 49.1 Å². The van der Waals surface area contributed by atoms with Crippen molar-refractivity contribution >= 4 is 11.7 Å². The summed E-state index contributed by atoms with van der Waals surface area (Å²) >= 11 is 0. The molecule has 2 rings (SSSR count). The molecule has 1 aromatic carbocycles. The van der Waals surface area contributed by atoms with Crippen molar-refractivity contribution in [2.45, 2.75) is 44.6 Å². The fourth-order valence-electron chi connectivity index (χ4n) is 2.93. The monoisotopic (exact) mass is 489 g/mol. The van der Waals surface area contributed by atoms with Gasteiger partial charge in [0.2, 0.25) is 5.91 Å². The minimum atomic E-state index is -6.39. The van der Waals surface area contributed by atoms with Crippen LogP contribution in [-0.4, -0.2) is 27.6 Å². The van der Waals surface area contributed by atoms with E-state index in [0.29, 0.717) is 7.05 Å². The first kappa shape index (κ1) is 26.2. The highest BCUT2D eigenvalue weighted by atomic mass is 19.4. The van der Waals surface area contributed by atoms with Crippen LogP contribution in [-0.2, 0) is 36.9 Å². The molecule has 0 aliphatic carbocycles. The molecule has 2 aromatic rings. The van der Waals surface area contributed by atoms with Crippen molar-refractivity contribution in [2.75, 3.05) is 0 Å². The lowest BCUT2D eigenvalue weighted by molar-refractivity contribution is -0.292. The molecule has 33 heavy (non-hydrogen) atoms. The summed E-state index contributed by atoms with van der Waals surface area (Å²) in [6, 6.07) is 2.94. The Kier molecular flexibility index (Phi) is 7.19. The summed E-state index contributed by atoms with van der Waals surface area (Å²) in [7, 11) is 0.620. The summed E-state index contributed by atoms with van der Waals surface area (Å²) in [5.41, 5.74) is -6.84. The number of nitrogens with zero attached hydrogens (tertiary/aromatic N) is 2. The van der Waals surface area contributed by atoms with Crippen LogP contribution in [0.1, 0.15) is 46.2 Å². The molecule has 0 atom stereocenters. The average Bonchev–Trinajstić information content (AvgIpc) is 3.05. The molecule has 1 amide bonds. The van der Waals surface area contributed by atoms with Gasteiger partial charge in [0.05, 0.1) is 0 Å². The number of carbonyl (C=O) groups is 2. The number of alkyl halides is 8. The lowest BCUT2D eigenvalue weighted by Crippen LogP contribution is -2.36. The van der Waals surface area contributed by atoms with E-state index >= 15 is 0 Å². The third-order valence-corrected chi connectivity index (χ3v) is 4.52. The van der Waals surface area contributed by atoms with Crippen LogP contribution in [0.4, 0.5) is 39.5 Å². The van der Waals surface area contributed by atoms with Crippen molar-refractivity contribution in [3.05, 3.63) is 52.1 Å². The predicted molar refractivity (Wildman–Crippen MR) is 94.7 cm³/mol. The van der Waals surface area contributed by atoms with Gasteiger partial charge in [-0.25, -0.2) is 4.39 Å². The van der Waals surface area contributed by atoms with E-state index in [1.165, 1.54) is 6.92 Å². The van der Waals surface area contributed by atoms with Crippen LogP contribution in [0.3, 0.4) is 0 Å². The maximum Gasteiger partial charge on any atom is 0.459 e. The molecule has 14 heteroatoms. The van der Waals surface area contributed by atoms with E-state index in [1.54, 1.807) is 0 Å². The summed E-state index contributed by atoms with van der Waals surface area (Å²) in [4.78, 5) is 23.9. The number of halogens is 9. The van der Waals surface area contributed by atoms with E-state index in [-0.39, 0.29) is 28.8 Å². The first-order valence-electron chi connectivity index (χ1n) is 9.17. The Bertz CT molecular complexity index is 1060. The minimum Gasteiger partial charge on any atom is -0.352 e. The molecule has 0 fully saturated rings. The van der Waals surface area contributed by atoms with Gasteiger partial charge in [0.1, 0.15) is 17.1 Å². The van der Waals surface area contributed by atoms with Gasteiger partial charge in [0, 0.05) is 32.0 Å². The number of hydrogen-bond acceptors (Lipinski definition) is 3. The van der Waals surface area contributed by atoms with E-state index < -0.39 is 59.2 Å². The smallest absolute Gasteiger partial charge is 0.352 e. The fraction of sp³-hybridized carbons (Fsp3) is 0.421. The zero-order valence-electron chi connectivity index (χ0n) is 17.0. The number of aromatic nitrogens is 2. The molecule has 0 aliphatic heterocycles. The number of benzene rings is 1. The number of carbonyl (C=O) groups excluding carboxylic acids is 2. The lowest BCUT2D eigenvalue weighted by atomic mass is 9.99. The molecule has 5 nitrogen and oxygen atoms in total. The van der Waals surface area contributed by atoms with Gasteiger partial charge in [0.15, 0.2) is 11.5 Å². The SMILES string of the molecule is CCC(=O)NCc1cc(CC(=O)c2c(C(F)(F)F)c(C(F)(F)C(F)(F)F)nn2C)ccc1F. The second-order valence-corrected chi connectivity index (χ2v) is 6.92. The van der Waals surface area contributed by atoms with E-state index in [0.717, 1.165) is 18.2 Å². The number of nitrogens with one attached hydrogen (secondary N) is 1. The van der Waals surface area contributed by atoms with Gasteiger partial charge in [-0.05, 0) is 11.6 Å². The molecule has 1 N–H and O–H groups in total. The van der Waals surface area contributed by atoms with Crippen molar-refractivity contribution in [3.8, 4) is 0 Å². The highest BCUT2D eigenvalue weighted by Crippen LogP contribution is 2.48. The number of rotatable bonds is 7. The van der Waals surface area contributed by atoms with E-state index in [4.69, 9.17) is 0 Å². The van der Waals surface area contributed by atoms with Gasteiger partial charge in [-0.1, -0.05) is 19.1 Å². The van der Waals surface area contributed by atoms with Gasteiger partial charge in [0.25, 0.3) is 0 Å². The number of amides is 1. The van der Waals surface area contributed by atoms with Crippen LogP contribution in [0.5, 0.6) is 0 Å². The zero-order valence-corrected chi connectivity index (χ0v) is 17.0. The number of aryl methyl sites for hydroxylation is 1. The largest absolute Gasteiger partial charge is 0.459 e. The average molecular weight is 489 g/mol. The molecule has 0 unspecified atom stereocenters. The van der Waals surface area contributed by atoms with Crippen LogP contribution >= 0.6 is 0 Å². The molecular weight excluding hydrogens is 473 g/mol. The minimum absolute atomic E-state index is 0.00600. The molecule has 0 spiro atoms. The van der Waals surface area contributed by atoms with Gasteiger partial charge in [-0.2, -0.15) is 40.2 Å². The molecular formula is C19H16F9N3O2. The van der Waals surface area contributed by atoms with Gasteiger partial charge in [-0.15, -0.1) is 0 Å². The zero-order chi connectivity index (χ0) is 25.4. The van der Waals surface area contributed by atoms with Crippen molar-refractivity contribution in [1.82, 2.24) is 15.1 Å². The summed E-state index contributed by atoms with van der Waals surface area (Å²) < 4.78 is 120. The van der Waals surface area contributed by atoms with Crippen LogP contribution < -0.4 is 5.32 Å². The Hall–Kier alpha value is -3.06. The maximum atomic E-state index is 13.9. The number of Topliss-reactive ketones (excluding diaryl/α,β-unsaturated/α-hetero) is 1. The molecule has 0 bridgehead atoms. The van der Waals surface area contributed by atoms with E-state index in [1.807, 2.05) is 0 Å². The van der Waals surface area contributed by atoms with Crippen molar-refractivity contribution < 1.29 is 49.1 Å². The Balaban J connectivity index is 2.48. The molecule has 0 aliphatic rings. The molecule has 1 aromatic heterocycles. The second-order valence-electron chi connectivity index (χ2n) is 6.92. The lowest BCUT2D eigenvalue weighted by Gasteiger charge is -2.19. The maximum absolute atomic E-state index is 13.9. The quantitative estimate of drug-likeness (QED) is 0.454. The normalized spacial score (nSPS) is 12.7. The van der Waals surface area contributed by atoms with Crippen LogP contribution in [0, 0.1) is 5.82 Å². The highest BCUT2D eigenvalue weighted by Gasteiger charge is 2.64. The summed E-state index contributed by atoms with van der Waals surface area (Å²) in [6.45, 7) is 1.23. The third kappa shape index (κ3) is 5.47. The Labute approximate surface area is 180 Å². The Morgan fingerprint density at radius 3 is 2.18 bits per heavy atom.